The van der Waals surface area contributed by atoms with Crippen molar-refractivity contribution in [3.05, 3.63) is 35.9 Å². The van der Waals surface area contributed by atoms with Gasteiger partial charge < -0.3 is 15.7 Å². The third kappa shape index (κ3) is 7.23. The van der Waals surface area contributed by atoms with E-state index in [-0.39, 0.29) is 30.1 Å². The second-order valence-electron chi connectivity index (χ2n) is 7.68. The first-order valence-electron chi connectivity index (χ1n) is 10.2. The highest BCUT2D eigenvalue weighted by Gasteiger charge is 2.25. The van der Waals surface area contributed by atoms with Crippen LogP contribution >= 0.6 is 24.0 Å². The predicted octanol–water partition coefficient (Wildman–Crippen LogP) is 2.99. The minimum absolute atomic E-state index is 0. The minimum Gasteiger partial charge on any atom is -0.393 e. The standard InChI is InChI=1S/C21H34N4O.HI/c1-2-22-21(23-14-18-10-6-12-20(18)26)24-19-11-7-13-25(16-19)15-17-8-4-3-5-9-17;/h3-5,8-9,18-20,26H,2,6-7,10-16H2,1H3,(H2,22,23,24);1H. The van der Waals surface area contributed by atoms with Gasteiger partial charge in [0.15, 0.2) is 5.96 Å². The van der Waals surface area contributed by atoms with Crippen LogP contribution in [0.4, 0.5) is 0 Å². The lowest BCUT2D eigenvalue weighted by atomic mass is 10.0. The maximum atomic E-state index is 10.0. The van der Waals surface area contributed by atoms with Crippen molar-refractivity contribution in [2.45, 2.75) is 57.7 Å². The second kappa shape index (κ2) is 11.9. The average molecular weight is 486 g/mol. The Morgan fingerprint density at radius 1 is 1.19 bits per heavy atom. The van der Waals surface area contributed by atoms with Gasteiger partial charge in [0.1, 0.15) is 0 Å². The number of nitrogens with one attached hydrogen (secondary N) is 2. The molecule has 27 heavy (non-hydrogen) atoms. The smallest absolute Gasteiger partial charge is 0.191 e. The van der Waals surface area contributed by atoms with Crippen LogP contribution in [0.5, 0.6) is 0 Å². The molecule has 2 fully saturated rings. The van der Waals surface area contributed by atoms with Gasteiger partial charge in [-0.05, 0) is 44.7 Å². The van der Waals surface area contributed by atoms with Crippen LogP contribution in [0.1, 0.15) is 44.6 Å². The quantitative estimate of drug-likeness (QED) is 0.329. The lowest BCUT2D eigenvalue weighted by molar-refractivity contribution is 0.136. The summed E-state index contributed by atoms with van der Waals surface area (Å²) in [6.45, 7) is 6.90. The van der Waals surface area contributed by atoms with Crippen molar-refractivity contribution in [2.24, 2.45) is 10.9 Å². The van der Waals surface area contributed by atoms with E-state index in [0.717, 1.165) is 57.9 Å². The number of likely N-dealkylation sites (tertiary alicyclic amines) is 1. The number of guanidine groups is 1. The summed E-state index contributed by atoms with van der Waals surface area (Å²) in [6, 6.07) is 11.1. The van der Waals surface area contributed by atoms with Crippen LogP contribution in [-0.4, -0.2) is 54.3 Å². The van der Waals surface area contributed by atoms with Crippen LogP contribution in [0.15, 0.2) is 35.3 Å². The van der Waals surface area contributed by atoms with Crippen LogP contribution in [-0.2, 0) is 6.54 Å². The number of rotatable bonds is 6. The largest absolute Gasteiger partial charge is 0.393 e. The highest BCUT2D eigenvalue weighted by molar-refractivity contribution is 14.0. The van der Waals surface area contributed by atoms with E-state index in [2.05, 4.69) is 52.8 Å². The number of hydrogen-bond acceptors (Lipinski definition) is 3. The van der Waals surface area contributed by atoms with Gasteiger partial charge in [0.05, 0.1) is 6.10 Å². The topological polar surface area (TPSA) is 59.9 Å². The molecule has 1 saturated heterocycles. The van der Waals surface area contributed by atoms with Gasteiger partial charge in [-0.3, -0.25) is 9.89 Å². The molecule has 152 valence electrons. The molecule has 1 saturated carbocycles. The van der Waals surface area contributed by atoms with E-state index in [1.807, 2.05) is 0 Å². The summed E-state index contributed by atoms with van der Waals surface area (Å²) in [5.74, 6) is 1.23. The molecule has 3 rings (SSSR count). The number of hydrogen-bond donors (Lipinski definition) is 3. The normalized spacial score (nSPS) is 26.4. The average Bonchev–Trinajstić information content (AvgIpc) is 3.06. The van der Waals surface area contributed by atoms with E-state index in [1.165, 1.54) is 18.4 Å². The maximum Gasteiger partial charge on any atom is 0.191 e. The molecular weight excluding hydrogens is 451 g/mol. The van der Waals surface area contributed by atoms with Gasteiger partial charge >= 0.3 is 0 Å². The van der Waals surface area contributed by atoms with Crippen LogP contribution in [0, 0.1) is 5.92 Å². The van der Waals surface area contributed by atoms with Crippen LogP contribution < -0.4 is 10.6 Å². The molecule has 3 atom stereocenters. The van der Waals surface area contributed by atoms with Gasteiger partial charge in [0, 0.05) is 38.1 Å². The Balaban J connectivity index is 0.00000261. The molecule has 1 aliphatic carbocycles. The number of aliphatic imine (C=N–C) groups is 1. The molecule has 1 heterocycles. The Labute approximate surface area is 181 Å². The van der Waals surface area contributed by atoms with E-state index >= 15 is 0 Å². The Hall–Kier alpha value is -0.860. The summed E-state index contributed by atoms with van der Waals surface area (Å²) in [4.78, 5) is 7.29. The van der Waals surface area contributed by atoms with Gasteiger partial charge in [-0.15, -0.1) is 24.0 Å². The lowest BCUT2D eigenvalue weighted by Crippen LogP contribution is -2.51. The molecule has 0 bridgehead atoms. The van der Waals surface area contributed by atoms with Crippen molar-refractivity contribution in [3.8, 4) is 0 Å². The van der Waals surface area contributed by atoms with E-state index in [0.29, 0.717) is 12.0 Å². The van der Waals surface area contributed by atoms with E-state index < -0.39 is 0 Å². The second-order valence-corrected chi connectivity index (χ2v) is 7.68. The Morgan fingerprint density at radius 2 is 2.00 bits per heavy atom. The Kier molecular flexibility index (Phi) is 9.86. The highest BCUT2D eigenvalue weighted by Crippen LogP contribution is 2.25. The number of aliphatic hydroxyl groups is 1. The molecule has 3 N–H and O–H groups in total. The number of benzene rings is 1. The third-order valence-corrected chi connectivity index (χ3v) is 5.54. The molecule has 0 aromatic heterocycles. The lowest BCUT2D eigenvalue weighted by Gasteiger charge is -2.34. The molecular formula is C21H35IN4O. The van der Waals surface area contributed by atoms with Gasteiger partial charge in [0.25, 0.3) is 0 Å². The first-order valence-corrected chi connectivity index (χ1v) is 10.2. The third-order valence-electron chi connectivity index (χ3n) is 5.54. The predicted molar refractivity (Wildman–Crippen MR) is 123 cm³/mol. The zero-order valence-corrected chi connectivity index (χ0v) is 18.8. The molecule has 1 aromatic rings. The van der Waals surface area contributed by atoms with E-state index in [4.69, 9.17) is 4.99 Å². The molecule has 0 spiro atoms. The van der Waals surface area contributed by atoms with Crippen molar-refractivity contribution in [1.82, 2.24) is 15.5 Å². The fourth-order valence-corrected chi connectivity index (χ4v) is 4.11. The fraction of sp³-hybridized carbons (Fsp3) is 0.667. The molecule has 3 unspecified atom stereocenters. The van der Waals surface area contributed by atoms with Gasteiger partial charge in [-0.1, -0.05) is 36.8 Å². The number of nitrogens with zero attached hydrogens (tertiary/aromatic N) is 2. The summed E-state index contributed by atoms with van der Waals surface area (Å²) in [6.07, 6.45) is 5.38. The summed E-state index contributed by atoms with van der Waals surface area (Å²) >= 11 is 0. The van der Waals surface area contributed by atoms with Crippen molar-refractivity contribution in [3.63, 3.8) is 0 Å². The number of aliphatic hydroxyl groups excluding tert-OH is 1. The first-order chi connectivity index (χ1) is 12.7. The first kappa shape index (κ1) is 22.4. The monoisotopic (exact) mass is 486 g/mol. The summed E-state index contributed by atoms with van der Waals surface area (Å²) in [5, 5.41) is 17.0. The molecule has 0 radical (unpaired) electrons. The molecule has 1 aliphatic heterocycles. The zero-order chi connectivity index (χ0) is 18.2. The van der Waals surface area contributed by atoms with Crippen LogP contribution in [0.3, 0.4) is 0 Å². The molecule has 6 heteroatoms. The van der Waals surface area contributed by atoms with Crippen molar-refractivity contribution in [1.29, 1.82) is 0 Å². The molecule has 0 amide bonds. The fourth-order valence-electron chi connectivity index (χ4n) is 4.11. The molecule has 5 nitrogen and oxygen atoms in total. The van der Waals surface area contributed by atoms with Crippen LogP contribution in [0.2, 0.25) is 0 Å². The van der Waals surface area contributed by atoms with Crippen molar-refractivity contribution < 1.29 is 5.11 Å². The molecule has 1 aromatic carbocycles. The SMILES string of the molecule is CCNC(=NCC1CCCC1O)NC1CCCN(Cc2ccccc2)C1.I. The van der Waals surface area contributed by atoms with Crippen molar-refractivity contribution >= 4 is 29.9 Å². The van der Waals surface area contributed by atoms with E-state index in [1.54, 1.807) is 0 Å². The number of halogens is 1. The minimum atomic E-state index is -0.169. The maximum absolute atomic E-state index is 10.0. The highest BCUT2D eigenvalue weighted by atomic mass is 127. The summed E-state index contributed by atoms with van der Waals surface area (Å²) in [7, 11) is 0. The summed E-state index contributed by atoms with van der Waals surface area (Å²) in [5.41, 5.74) is 1.38. The Bertz CT molecular complexity index is 569. The number of piperidine rings is 1. The Morgan fingerprint density at radius 3 is 2.70 bits per heavy atom. The zero-order valence-electron chi connectivity index (χ0n) is 16.4. The van der Waals surface area contributed by atoms with Gasteiger partial charge in [0.2, 0.25) is 0 Å². The van der Waals surface area contributed by atoms with Gasteiger partial charge in [-0.2, -0.15) is 0 Å². The van der Waals surface area contributed by atoms with E-state index in [9.17, 15) is 5.11 Å². The molecule has 2 aliphatic rings. The van der Waals surface area contributed by atoms with Gasteiger partial charge in [-0.25, -0.2) is 0 Å². The van der Waals surface area contributed by atoms with Crippen molar-refractivity contribution in [2.75, 3.05) is 26.2 Å². The van der Waals surface area contributed by atoms with Crippen LogP contribution in [0.25, 0.3) is 0 Å². The summed E-state index contributed by atoms with van der Waals surface area (Å²) < 4.78 is 0.